The number of carbonyl (C=O) groups excluding carboxylic acids is 2. The van der Waals surface area contributed by atoms with E-state index in [4.69, 9.17) is 9.47 Å². The number of carbonyl (C=O) groups is 2. The molecule has 0 aliphatic heterocycles. The fraction of sp³-hybridized carbons (Fsp3) is 0.548. The molecule has 3 atom stereocenters. The summed E-state index contributed by atoms with van der Waals surface area (Å²) in [5, 5.41) is 3.13. The van der Waals surface area contributed by atoms with Gasteiger partial charge >= 0.3 is 5.97 Å². The van der Waals surface area contributed by atoms with Crippen LogP contribution in [0, 0.1) is 11.8 Å². The molecule has 4 rings (SSSR count). The van der Waals surface area contributed by atoms with Crippen molar-refractivity contribution >= 4 is 11.9 Å². The van der Waals surface area contributed by atoms with Gasteiger partial charge in [0.15, 0.2) is 0 Å². The average Bonchev–Trinajstić information content (AvgIpc) is 3.76. The fourth-order valence-corrected chi connectivity index (χ4v) is 6.37. The highest BCUT2D eigenvalue weighted by molar-refractivity contribution is 5.97. The van der Waals surface area contributed by atoms with Gasteiger partial charge in [0.1, 0.15) is 5.75 Å². The van der Waals surface area contributed by atoms with E-state index in [-0.39, 0.29) is 11.3 Å². The summed E-state index contributed by atoms with van der Waals surface area (Å²) < 4.78 is 10.4. The molecular formula is C31H42N2O4. The maximum absolute atomic E-state index is 13.0. The predicted octanol–water partition coefficient (Wildman–Crippen LogP) is 5.24. The number of fused-ring (bicyclic) bond motifs is 1. The molecule has 0 spiro atoms. The molecular weight excluding hydrogens is 464 g/mol. The Labute approximate surface area is 221 Å². The minimum Gasteiger partial charge on any atom is -0.497 e. The molecule has 6 heteroatoms. The summed E-state index contributed by atoms with van der Waals surface area (Å²) in [6.45, 7) is 9.77. The monoisotopic (exact) mass is 506 g/mol. The number of hydrogen-bond donors (Lipinski definition) is 1. The van der Waals surface area contributed by atoms with Crippen molar-refractivity contribution in [2.45, 2.75) is 64.3 Å². The van der Waals surface area contributed by atoms with Crippen LogP contribution < -0.4 is 10.1 Å². The number of ether oxygens (including phenoxy) is 2. The minimum atomic E-state index is -0.445. The number of rotatable bonds is 11. The SMILES string of the molecule is CCN(CC1CC1)[C@@H]1Cc2ccc(OC)cc2C(CC)(CCNC(=O)c2cccc(C(=O)OC)c2)[C@H]1C. The largest absolute Gasteiger partial charge is 0.497 e. The summed E-state index contributed by atoms with van der Waals surface area (Å²) in [7, 11) is 3.07. The summed E-state index contributed by atoms with van der Waals surface area (Å²) in [6, 6.07) is 13.7. The normalized spacial score (nSPS) is 22.9. The Bertz CT molecular complexity index is 1110. The Morgan fingerprint density at radius 3 is 2.49 bits per heavy atom. The number of benzene rings is 2. The third-order valence-electron chi connectivity index (χ3n) is 8.83. The van der Waals surface area contributed by atoms with Crippen molar-refractivity contribution in [1.29, 1.82) is 0 Å². The van der Waals surface area contributed by atoms with Crippen LogP contribution in [0.1, 0.15) is 78.3 Å². The van der Waals surface area contributed by atoms with Gasteiger partial charge < -0.3 is 14.8 Å². The molecule has 2 aliphatic carbocycles. The highest BCUT2D eigenvalue weighted by atomic mass is 16.5. The second kappa shape index (κ2) is 11.7. The molecule has 37 heavy (non-hydrogen) atoms. The number of nitrogens with one attached hydrogen (secondary N) is 1. The first-order valence-electron chi connectivity index (χ1n) is 13.7. The van der Waals surface area contributed by atoms with E-state index in [0.29, 0.717) is 29.6 Å². The average molecular weight is 507 g/mol. The van der Waals surface area contributed by atoms with Crippen molar-refractivity contribution in [3.05, 3.63) is 64.7 Å². The van der Waals surface area contributed by atoms with E-state index in [1.54, 1.807) is 31.4 Å². The van der Waals surface area contributed by atoms with Crippen LogP contribution in [-0.2, 0) is 16.6 Å². The van der Waals surface area contributed by atoms with Gasteiger partial charge in [0.05, 0.1) is 19.8 Å². The van der Waals surface area contributed by atoms with Crippen LogP contribution in [-0.4, -0.2) is 56.7 Å². The lowest BCUT2D eigenvalue weighted by Gasteiger charge is -2.51. The van der Waals surface area contributed by atoms with Crippen LogP contribution in [0.5, 0.6) is 5.75 Å². The third-order valence-corrected chi connectivity index (χ3v) is 8.83. The maximum Gasteiger partial charge on any atom is 0.337 e. The highest BCUT2D eigenvalue weighted by Gasteiger charge is 2.47. The van der Waals surface area contributed by atoms with Gasteiger partial charge in [0, 0.05) is 30.1 Å². The summed E-state index contributed by atoms with van der Waals surface area (Å²) >= 11 is 0. The lowest BCUT2D eigenvalue weighted by molar-refractivity contribution is 0.0600. The van der Waals surface area contributed by atoms with Crippen molar-refractivity contribution in [2.24, 2.45) is 11.8 Å². The molecule has 1 unspecified atom stereocenters. The van der Waals surface area contributed by atoms with Gasteiger partial charge in [-0.05, 0) is 91.9 Å². The number of amides is 1. The summed E-state index contributed by atoms with van der Waals surface area (Å²) in [6.07, 6.45) is 5.58. The first-order chi connectivity index (χ1) is 17.9. The van der Waals surface area contributed by atoms with Crippen molar-refractivity contribution in [2.75, 3.05) is 33.9 Å². The molecule has 6 nitrogen and oxygen atoms in total. The number of methoxy groups -OCH3 is 2. The van der Waals surface area contributed by atoms with Gasteiger partial charge in [0.2, 0.25) is 0 Å². The zero-order chi connectivity index (χ0) is 26.6. The summed E-state index contributed by atoms with van der Waals surface area (Å²) in [5.74, 6) is 1.54. The lowest BCUT2D eigenvalue weighted by atomic mass is 9.58. The quantitative estimate of drug-likeness (QED) is 0.422. The van der Waals surface area contributed by atoms with Gasteiger partial charge in [-0.3, -0.25) is 9.69 Å². The van der Waals surface area contributed by atoms with E-state index in [1.807, 2.05) is 0 Å². The molecule has 0 radical (unpaired) electrons. The van der Waals surface area contributed by atoms with Crippen molar-refractivity contribution in [3.8, 4) is 5.75 Å². The Balaban J connectivity index is 1.58. The molecule has 1 N–H and O–H groups in total. The van der Waals surface area contributed by atoms with Gasteiger partial charge in [0.25, 0.3) is 5.91 Å². The van der Waals surface area contributed by atoms with Gasteiger partial charge in [-0.1, -0.05) is 32.9 Å². The van der Waals surface area contributed by atoms with E-state index < -0.39 is 5.97 Å². The van der Waals surface area contributed by atoms with Crippen molar-refractivity contribution < 1.29 is 19.1 Å². The molecule has 1 saturated carbocycles. The smallest absolute Gasteiger partial charge is 0.337 e. The summed E-state index contributed by atoms with van der Waals surface area (Å²) in [4.78, 5) is 27.6. The van der Waals surface area contributed by atoms with Crippen LogP contribution in [0.15, 0.2) is 42.5 Å². The predicted molar refractivity (Wildman–Crippen MR) is 146 cm³/mol. The van der Waals surface area contributed by atoms with E-state index in [1.165, 1.54) is 37.6 Å². The van der Waals surface area contributed by atoms with Crippen molar-refractivity contribution in [3.63, 3.8) is 0 Å². The topological polar surface area (TPSA) is 67.9 Å². The van der Waals surface area contributed by atoms with Gasteiger partial charge in [-0.2, -0.15) is 0 Å². The van der Waals surface area contributed by atoms with Crippen molar-refractivity contribution in [1.82, 2.24) is 10.2 Å². The molecule has 2 aromatic rings. The number of esters is 1. The third kappa shape index (κ3) is 5.69. The number of likely N-dealkylation sites (N-methyl/N-ethyl adjacent to an activating group) is 1. The minimum absolute atomic E-state index is 0.0785. The summed E-state index contributed by atoms with van der Waals surface area (Å²) in [5.41, 5.74) is 3.52. The van der Waals surface area contributed by atoms with Gasteiger partial charge in [-0.15, -0.1) is 0 Å². The molecule has 2 aliphatic rings. The Morgan fingerprint density at radius 2 is 1.84 bits per heavy atom. The molecule has 1 fully saturated rings. The van der Waals surface area contributed by atoms with E-state index in [2.05, 4.69) is 49.2 Å². The number of nitrogens with zero attached hydrogens (tertiary/aromatic N) is 1. The van der Waals surface area contributed by atoms with E-state index in [9.17, 15) is 9.59 Å². The first-order valence-corrected chi connectivity index (χ1v) is 13.7. The standard InChI is InChI=1S/C31H42N2O4/c1-6-31(15-16-32-29(34)24-9-8-10-25(17-24)30(35)37-5)21(3)28(33(7-2)20-22-11-12-22)18-23-13-14-26(36-4)19-27(23)31/h8-10,13-14,17,19,21-22,28H,6-7,11-12,15-16,18,20H2,1-5H3,(H,32,34)/t21-,28+,31?/m0/s1. The second-order valence-electron chi connectivity index (χ2n) is 10.7. The molecule has 2 aromatic carbocycles. The molecule has 0 bridgehead atoms. The molecule has 0 saturated heterocycles. The zero-order valence-electron chi connectivity index (χ0n) is 23.0. The van der Waals surface area contributed by atoms with E-state index in [0.717, 1.165) is 37.5 Å². The molecule has 0 aromatic heterocycles. The van der Waals surface area contributed by atoms with E-state index >= 15 is 0 Å². The Morgan fingerprint density at radius 1 is 1.08 bits per heavy atom. The Kier molecular flexibility index (Phi) is 8.58. The lowest BCUT2D eigenvalue weighted by Crippen LogP contribution is -2.54. The fourth-order valence-electron chi connectivity index (χ4n) is 6.37. The molecule has 1 amide bonds. The van der Waals surface area contributed by atoms with Gasteiger partial charge in [-0.25, -0.2) is 4.79 Å². The van der Waals surface area contributed by atoms with Crippen LogP contribution in [0.4, 0.5) is 0 Å². The number of hydrogen-bond acceptors (Lipinski definition) is 5. The molecule has 0 heterocycles. The zero-order valence-corrected chi connectivity index (χ0v) is 23.0. The van der Waals surface area contributed by atoms with Crippen LogP contribution in [0.2, 0.25) is 0 Å². The van der Waals surface area contributed by atoms with Crippen LogP contribution in [0.25, 0.3) is 0 Å². The first kappa shape index (κ1) is 27.2. The Hall–Kier alpha value is -2.86. The van der Waals surface area contributed by atoms with Crippen LogP contribution >= 0.6 is 0 Å². The highest BCUT2D eigenvalue weighted by Crippen LogP contribution is 2.49. The maximum atomic E-state index is 13.0. The van der Waals surface area contributed by atoms with Crippen LogP contribution in [0.3, 0.4) is 0 Å². The molecule has 200 valence electrons. The second-order valence-corrected chi connectivity index (χ2v) is 10.7.